The molecular formula is C16H16ClNO2S. The third-order valence-electron chi connectivity index (χ3n) is 3.64. The number of rotatable bonds is 5. The van der Waals surface area contributed by atoms with E-state index in [1.54, 1.807) is 29.5 Å². The minimum Gasteiger partial charge on any atom is -0.465 e. The molecule has 1 aliphatic rings. The molecule has 110 valence electrons. The van der Waals surface area contributed by atoms with Gasteiger partial charge < -0.3 is 10.1 Å². The summed E-state index contributed by atoms with van der Waals surface area (Å²) in [6.45, 7) is 0. The van der Waals surface area contributed by atoms with Gasteiger partial charge in [-0.05, 0) is 48.4 Å². The third-order valence-corrected chi connectivity index (χ3v) is 4.93. The number of hydrogen-bond acceptors (Lipinski definition) is 4. The lowest BCUT2D eigenvalue weighted by atomic mass is 10.1. The molecule has 1 aromatic carbocycles. The first kappa shape index (κ1) is 14.4. The smallest absolute Gasteiger partial charge is 0.337 e. The fraction of sp³-hybridized carbons (Fsp3) is 0.312. The number of esters is 1. The van der Waals surface area contributed by atoms with Crippen molar-refractivity contribution in [1.82, 2.24) is 0 Å². The fourth-order valence-corrected chi connectivity index (χ4v) is 3.41. The minimum atomic E-state index is -0.353. The summed E-state index contributed by atoms with van der Waals surface area (Å²) in [5.41, 5.74) is 1.29. The predicted octanol–water partition coefficient (Wildman–Crippen LogP) is 4.75. The molecule has 0 amide bonds. The van der Waals surface area contributed by atoms with Crippen molar-refractivity contribution >= 4 is 34.6 Å². The van der Waals surface area contributed by atoms with Crippen LogP contribution < -0.4 is 5.32 Å². The zero-order chi connectivity index (χ0) is 14.8. The van der Waals surface area contributed by atoms with Crippen molar-refractivity contribution < 1.29 is 9.53 Å². The van der Waals surface area contributed by atoms with Gasteiger partial charge in [0.1, 0.15) is 0 Å². The third kappa shape index (κ3) is 3.22. The van der Waals surface area contributed by atoms with E-state index in [9.17, 15) is 4.79 Å². The lowest BCUT2D eigenvalue weighted by Gasteiger charge is -2.19. The molecule has 1 N–H and O–H groups in total. The maximum absolute atomic E-state index is 11.6. The summed E-state index contributed by atoms with van der Waals surface area (Å²) in [6.07, 6.45) is 2.45. The highest BCUT2D eigenvalue weighted by molar-refractivity contribution is 7.10. The van der Waals surface area contributed by atoms with Crippen LogP contribution in [0.2, 0.25) is 5.02 Å². The van der Waals surface area contributed by atoms with E-state index in [4.69, 9.17) is 16.3 Å². The second kappa shape index (κ2) is 6.08. The molecule has 0 spiro atoms. The number of carbonyl (C=O) groups excluding carboxylic acids is 1. The Balaban J connectivity index is 1.87. The fourth-order valence-electron chi connectivity index (χ4n) is 2.37. The van der Waals surface area contributed by atoms with Gasteiger partial charge in [0.05, 0.1) is 29.4 Å². The maximum atomic E-state index is 11.6. The molecule has 1 heterocycles. The highest BCUT2D eigenvalue weighted by Gasteiger charge is 2.33. The minimum absolute atomic E-state index is 0.260. The molecule has 1 unspecified atom stereocenters. The molecule has 1 atom stereocenters. The average molecular weight is 322 g/mol. The summed E-state index contributed by atoms with van der Waals surface area (Å²) in [4.78, 5) is 12.9. The molecule has 0 saturated heterocycles. The van der Waals surface area contributed by atoms with Crippen LogP contribution in [-0.2, 0) is 4.74 Å². The molecule has 2 aromatic rings. The number of benzene rings is 1. The first-order chi connectivity index (χ1) is 10.2. The van der Waals surface area contributed by atoms with Crippen molar-refractivity contribution in [2.75, 3.05) is 12.4 Å². The molecular weight excluding hydrogens is 306 g/mol. The van der Waals surface area contributed by atoms with Gasteiger partial charge in [0.2, 0.25) is 0 Å². The molecule has 1 saturated carbocycles. The summed E-state index contributed by atoms with van der Waals surface area (Å²) in [7, 11) is 1.38. The quantitative estimate of drug-likeness (QED) is 0.807. The second-order valence-corrected chi connectivity index (χ2v) is 6.55. The molecule has 3 rings (SSSR count). The van der Waals surface area contributed by atoms with Gasteiger partial charge >= 0.3 is 5.97 Å². The monoisotopic (exact) mass is 321 g/mol. The van der Waals surface area contributed by atoms with Crippen LogP contribution in [0, 0.1) is 5.92 Å². The topological polar surface area (TPSA) is 38.3 Å². The molecule has 0 radical (unpaired) electrons. The van der Waals surface area contributed by atoms with Crippen molar-refractivity contribution in [1.29, 1.82) is 0 Å². The van der Waals surface area contributed by atoms with E-state index in [1.165, 1.54) is 24.8 Å². The normalized spacial score (nSPS) is 15.5. The van der Waals surface area contributed by atoms with E-state index in [1.807, 2.05) is 0 Å². The highest BCUT2D eigenvalue weighted by Crippen LogP contribution is 2.45. The SMILES string of the molecule is COC(=O)c1ccc(Cl)c(NC(c2cccs2)C2CC2)c1. The predicted molar refractivity (Wildman–Crippen MR) is 86.2 cm³/mol. The molecule has 1 fully saturated rings. The van der Waals surface area contributed by atoms with Gasteiger partial charge in [-0.15, -0.1) is 11.3 Å². The number of ether oxygens (including phenoxy) is 1. The Kier molecular flexibility index (Phi) is 4.17. The largest absolute Gasteiger partial charge is 0.465 e. The molecule has 1 aliphatic carbocycles. The number of thiophene rings is 1. The van der Waals surface area contributed by atoms with Crippen LogP contribution in [0.5, 0.6) is 0 Å². The van der Waals surface area contributed by atoms with Crippen LogP contribution in [-0.4, -0.2) is 13.1 Å². The molecule has 0 bridgehead atoms. The van der Waals surface area contributed by atoms with Crippen molar-refractivity contribution in [2.24, 2.45) is 5.92 Å². The summed E-state index contributed by atoms with van der Waals surface area (Å²) in [5.74, 6) is 0.287. The Labute approximate surface area is 132 Å². The van der Waals surface area contributed by atoms with Gasteiger partial charge in [0, 0.05) is 4.88 Å². The van der Waals surface area contributed by atoms with Crippen molar-refractivity contribution in [3.8, 4) is 0 Å². The first-order valence-electron chi connectivity index (χ1n) is 6.87. The Bertz CT molecular complexity index is 638. The number of anilines is 1. The Morgan fingerprint density at radius 3 is 2.86 bits per heavy atom. The standard InChI is InChI=1S/C16H16ClNO2S/c1-20-16(19)11-6-7-12(17)13(9-11)18-15(10-4-5-10)14-3-2-8-21-14/h2-3,6-10,15,18H,4-5H2,1H3. The van der Waals surface area contributed by atoms with Crippen molar-refractivity contribution in [2.45, 2.75) is 18.9 Å². The average Bonchev–Trinajstić information content (AvgIpc) is 3.19. The molecule has 5 heteroatoms. The summed E-state index contributed by atoms with van der Waals surface area (Å²) >= 11 is 8.01. The van der Waals surface area contributed by atoms with Gasteiger partial charge in [-0.2, -0.15) is 0 Å². The molecule has 21 heavy (non-hydrogen) atoms. The Morgan fingerprint density at radius 1 is 1.43 bits per heavy atom. The zero-order valence-corrected chi connectivity index (χ0v) is 13.2. The van der Waals surface area contributed by atoms with E-state index >= 15 is 0 Å². The lowest BCUT2D eigenvalue weighted by Crippen LogP contribution is -2.12. The van der Waals surface area contributed by atoms with E-state index in [0.29, 0.717) is 16.5 Å². The number of carbonyl (C=O) groups is 1. The molecule has 3 nitrogen and oxygen atoms in total. The lowest BCUT2D eigenvalue weighted by molar-refractivity contribution is 0.0601. The summed E-state index contributed by atoms with van der Waals surface area (Å²) in [5, 5.41) is 6.20. The van der Waals surface area contributed by atoms with Crippen LogP contribution in [0.15, 0.2) is 35.7 Å². The number of hydrogen-bond donors (Lipinski definition) is 1. The van der Waals surface area contributed by atoms with Gasteiger partial charge in [0.15, 0.2) is 0 Å². The first-order valence-corrected chi connectivity index (χ1v) is 8.12. The second-order valence-electron chi connectivity index (χ2n) is 5.16. The zero-order valence-electron chi connectivity index (χ0n) is 11.6. The molecule has 1 aromatic heterocycles. The Morgan fingerprint density at radius 2 is 2.24 bits per heavy atom. The van der Waals surface area contributed by atoms with E-state index in [0.717, 1.165) is 5.69 Å². The van der Waals surface area contributed by atoms with Crippen LogP contribution in [0.1, 0.15) is 34.1 Å². The van der Waals surface area contributed by atoms with Crippen LogP contribution >= 0.6 is 22.9 Å². The van der Waals surface area contributed by atoms with Crippen LogP contribution in [0.3, 0.4) is 0 Å². The van der Waals surface area contributed by atoms with Crippen LogP contribution in [0.4, 0.5) is 5.69 Å². The van der Waals surface area contributed by atoms with E-state index in [-0.39, 0.29) is 12.0 Å². The van der Waals surface area contributed by atoms with Crippen molar-refractivity contribution in [3.63, 3.8) is 0 Å². The number of nitrogens with one attached hydrogen (secondary N) is 1. The molecule has 0 aliphatic heterocycles. The maximum Gasteiger partial charge on any atom is 0.337 e. The van der Waals surface area contributed by atoms with Gasteiger partial charge in [-0.3, -0.25) is 0 Å². The highest BCUT2D eigenvalue weighted by atomic mass is 35.5. The van der Waals surface area contributed by atoms with E-state index in [2.05, 4.69) is 22.8 Å². The van der Waals surface area contributed by atoms with Gasteiger partial charge in [0.25, 0.3) is 0 Å². The van der Waals surface area contributed by atoms with Crippen molar-refractivity contribution in [3.05, 3.63) is 51.2 Å². The van der Waals surface area contributed by atoms with E-state index < -0.39 is 0 Å². The van der Waals surface area contributed by atoms with Crippen LogP contribution in [0.25, 0.3) is 0 Å². The Hall–Kier alpha value is -1.52. The number of methoxy groups -OCH3 is 1. The van der Waals surface area contributed by atoms with Gasteiger partial charge in [-0.25, -0.2) is 4.79 Å². The number of halogens is 1. The summed E-state index contributed by atoms with van der Waals surface area (Å²) in [6, 6.07) is 9.63. The summed E-state index contributed by atoms with van der Waals surface area (Å²) < 4.78 is 4.76. The van der Waals surface area contributed by atoms with Gasteiger partial charge in [-0.1, -0.05) is 17.7 Å².